The second-order valence-corrected chi connectivity index (χ2v) is 4.98. The van der Waals surface area contributed by atoms with Gasteiger partial charge in [0.1, 0.15) is 0 Å². The first kappa shape index (κ1) is 13.5. The quantitative estimate of drug-likeness (QED) is 0.676. The van der Waals surface area contributed by atoms with Crippen LogP contribution in [0, 0.1) is 0 Å². The van der Waals surface area contributed by atoms with Gasteiger partial charge in [-0.15, -0.1) is 0 Å². The van der Waals surface area contributed by atoms with Crippen molar-refractivity contribution < 1.29 is 4.79 Å². The zero-order valence-corrected chi connectivity index (χ0v) is 12.3. The lowest BCUT2D eigenvalue weighted by molar-refractivity contribution is 0.0988. The molecule has 0 saturated carbocycles. The van der Waals surface area contributed by atoms with Gasteiger partial charge in [-0.1, -0.05) is 25.1 Å². The maximum Gasteiger partial charge on any atom is 0.165 e. The number of hydrogen-bond donors (Lipinski definition) is 0. The Balaban J connectivity index is 1.95. The molecule has 5 heteroatoms. The van der Waals surface area contributed by atoms with Gasteiger partial charge in [-0.3, -0.25) is 14.2 Å². The summed E-state index contributed by atoms with van der Waals surface area (Å²) in [6.45, 7) is 5.34. The van der Waals surface area contributed by atoms with Crippen molar-refractivity contribution in [3.05, 3.63) is 47.9 Å². The number of carbonyl (C=O) groups is 1. The van der Waals surface area contributed by atoms with Crippen molar-refractivity contribution in [3.8, 4) is 0 Å². The average Bonchev–Trinajstić information content (AvgIpc) is 3.12. The minimum absolute atomic E-state index is 0.116. The summed E-state index contributed by atoms with van der Waals surface area (Å²) in [7, 11) is 0. The highest BCUT2D eigenvalue weighted by molar-refractivity contribution is 5.95. The van der Waals surface area contributed by atoms with Crippen LogP contribution in [0.2, 0.25) is 0 Å². The van der Waals surface area contributed by atoms with Gasteiger partial charge in [0.05, 0.1) is 29.5 Å². The number of hydrogen-bond acceptors (Lipinski definition) is 3. The first-order chi connectivity index (χ1) is 10.2. The number of rotatable bonds is 5. The molecule has 5 nitrogen and oxygen atoms in total. The third-order valence-corrected chi connectivity index (χ3v) is 3.62. The van der Waals surface area contributed by atoms with Crippen LogP contribution in [0.25, 0.3) is 10.9 Å². The van der Waals surface area contributed by atoms with Crippen LogP contribution in [0.15, 0.2) is 36.7 Å². The molecule has 3 rings (SSSR count). The van der Waals surface area contributed by atoms with Crippen molar-refractivity contribution in [3.63, 3.8) is 0 Å². The molecule has 0 N–H and O–H groups in total. The van der Waals surface area contributed by atoms with Crippen LogP contribution >= 0.6 is 0 Å². The van der Waals surface area contributed by atoms with E-state index in [1.807, 2.05) is 23.7 Å². The maximum absolute atomic E-state index is 11.7. The van der Waals surface area contributed by atoms with E-state index in [1.165, 1.54) is 0 Å². The van der Waals surface area contributed by atoms with Gasteiger partial charge < -0.3 is 0 Å². The number of para-hydroxylation sites is 1. The molecule has 1 aromatic carbocycles. The lowest BCUT2D eigenvalue weighted by Crippen LogP contribution is -2.03. The number of aromatic nitrogens is 4. The average molecular weight is 282 g/mol. The largest absolute Gasteiger partial charge is 0.294 e. The highest BCUT2D eigenvalue weighted by atomic mass is 16.1. The van der Waals surface area contributed by atoms with E-state index in [4.69, 9.17) is 0 Å². The second-order valence-electron chi connectivity index (χ2n) is 4.98. The van der Waals surface area contributed by atoms with Crippen molar-refractivity contribution >= 4 is 16.7 Å². The number of Topliss-reactive ketones (excluding diaryl/α,β-unsaturated/α-hetero) is 1. The Hall–Kier alpha value is -2.43. The predicted molar refractivity (Wildman–Crippen MR) is 81.4 cm³/mol. The summed E-state index contributed by atoms with van der Waals surface area (Å²) in [6.07, 6.45) is 3.93. The van der Waals surface area contributed by atoms with Gasteiger partial charge in [0, 0.05) is 24.5 Å². The van der Waals surface area contributed by atoms with Crippen molar-refractivity contribution in [1.82, 2.24) is 19.6 Å². The monoisotopic (exact) mass is 282 g/mol. The van der Waals surface area contributed by atoms with Crippen LogP contribution in [0.4, 0.5) is 0 Å². The molecule has 0 unspecified atom stereocenters. The van der Waals surface area contributed by atoms with Gasteiger partial charge in [-0.05, 0) is 13.0 Å². The molecule has 0 aliphatic carbocycles. The topological polar surface area (TPSA) is 52.7 Å². The summed E-state index contributed by atoms with van der Waals surface area (Å²) in [5, 5.41) is 10.1. The Kier molecular flexibility index (Phi) is 3.56. The van der Waals surface area contributed by atoms with Crippen molar-refractivity contribution in [2.75, 3.05) is 0 Å². The molecule has 0 fully saturated rings. The molecule has 0 radical (unpaired) electrons. The van der Waals surface area contributed by atoms with Gasteiger partial charge in [0.2, 0.25) is 0 Å². The molecule has 2 heterocycles. The number of carbonyl (C=O) groups excluding carboxylic acids is 1. The normalized spacial score (nSPS) is 11.1. The first-order valence-corrected chi connectivity index (χ1v) is 7.23. The van der Waals surface area contributed by atoms with Gasteiger partial charge in [0.15, 0.2) is 5.78 Å². The minimum Gasteiger partial charge on any atom is -0.294 e. The van der Waals surface area contributed by atoms with E-state index in [1.54, 1.807) is 17.1 Å². The number of aryl methyl sites for hydroxylation is 1. The van der Waals surface area contributed by atoms with Crippen LogP contribution in [0.1, 0.15) is 36.3 Å². The Morgan fingerprint density at radius 2 is 2.05 bits per heavy atom. The SMILES string of the molecule is CCC(=O)c1cnn(Cc2nn(CC)c3ccccc23)c1. The fourth-order valence-electron chi connectivity index (χ4n) is 2.51. The first-order valence-electron chi connectivity index (χ1n) is 7.23. The number of benzene rings is 1. The number of ketones is 1. The Bertz CT molecular complexity index is 785. The Morgan fingerprint density at radius 1 is 1.24 bits per heavy atom. The summed E-state index contributed by atoms with van der Waals surface area (Å²) < 4.78 is 3.77. The van der Waals surface area contributed by atoms with Gasteiger partial charge in [0.25, 0.3) is 0 Å². The summed E-state index contributed by atoms with van der Waals surface area (Å²) in [5.74, 6) is 0.116. The lowest BCUT2D eigenvalue weighted by Gasteiger charge is -1.98. The minimum atomic E-state index is 0.116. The molecular weight excluding hydrogens is 264 g/mol. The Labute approximate surface area is 123 Å². The fraction of sp³-hybridized carbons (Fsp3) is 0.312. The predicted octanol–water partition coefficient (Wildman–Crippen LogP) is 2.89. The third kappa shape index (κ3) is 2.46. The van der Waals surface area contributed by atoms with Gasteiger partial charge >= 0.3 is 0 Å². The summed E-state index contributed by atoms with van der Waals surface area (Å²) in [5.41, 5.74) is 2.77. The highest BCUT2D eigenvalue weighted by Gasteiger charge is 2.11. The molecule has 0 bridgehead atoms. The van der Waals surface area contributed by atoms with Crippen LogP contribution in [-0.2, 0) is 13.1 Å². The van der Waals surface area contributed by atoms with Crippen LogP contribution in [0.5, 0.6) is 0 Å². The lowest BCUT2D eigenvalue weighted by atomic mass is 10.2. The molecule has 0 spiro atoms. The van der Waals surface area contributed by atoms with Crippen LogP contribution < -0.4 is 0 Å². The number of nitrogens with zero attached hydrogens (tertiary/aromatic N) is 4. The highest BCUT2D eigenvalue weighted by Crippen LogP contribution is 2.19. The van der Waals surface area contributed by atoms with E-state index in [0.29, 0.717) is 18.5 Å². The molecule has 0 saturated heterocycles. The summed E-state index contributed by atoms with van der Waals surface area (Å²) in [4.78, 5) is 11.7. The second kappa shape index (κ2) is 5.52. The van der Waals surface area contributed by atoms with Gasteiger partial charge in [-0.25, -0.2) is 0 Å². The van der Waals surface area contributed by atoms with Crippen molar-refractivity contribution in [2.45, 2.75) is 33.4 Å². The molecule has 108 valence electrons. The molecule has 0 aliphatic rings. The van der Waals surface area contributed by atoms with Crippen LogP contribution in [-0.4, -0.2) is 25.3 Å². The Morgan fingerprint density at radius 3 is 2.81 bits per heavy atom. The summed E-state index contributed by atoms with van der Waals surface area (Å²) >= 11 is 0. The van der Waals surface area contributed by atoms with E-state index < -0.39 is 0 Å². The van der Waals surface area contributed by atoms with Gasteiger partial charge in [-0.2, -0.15) is 10.2 Å². The standard InChI is InChI=1S/C16H18N4O/c1-3-16(21)12-9-17-19(10-12)11-14-13-7-5-6-8-15(13)20(4-2)18-14/h5-10H,3-4,11H2,1-2H3. The molecular formula is C16H18N4O. The molecule has 0 amide bonds. The van der Waals surface area contributed by atoms with Crippen molar-refractivity contribution in [1.29, 1.82) is 0 Å². The van der Waals surface area contributed by atoms with E-state index in [0.717, 1.165) is 23.1 Å². The van der Waals surface area contributed by atoms with Crippen LogP contribution in [0.3, 0.4) is 0 Å². The zero-order valence-electron chi connectivity index (χ0n) is 12.3. The third-order valence-electron chi connectivity index (χ3n) is 3.62. The smallest absolute Gasteiger partial charge is 0.165 e. The van der Waals surface area contributed by atoms with E-state index >= 15 is 0 Å². The molecule has 3 aromatic rings. The number of fused-ring (bicyclic) bond motifs is 1. The molecule has 0 atom stereocenters. The van der Waals surface area contributed by atoms with E-state index in [9.17, 15) is 4.79 Å². The molecule has 0 aliphatic heterocycles. The maximum atomic E-state index is 11.7. The molecule has 21 heavy (non-hydrogen) atoms. The zero-order chi connectivity index (χ0) is 14.8. The van der Waals surface area contributed by atoms with Crippen molar-refractivity contribution in [2.24, 2.45) is 0 Å². The van der Waals surface area contributed by atoms with E-state index in [-0.39, 0.29) is 5.78 Å². The summed E-state index contributed by atoms with van der Waals surface area (Å²) in [6, 6.07) is 8.18. The molecule has 2 aromatic heterocycles. The fourth-order valence-corrected chi connectivity index (χ4v) is 2.51. The van der Waals surface area contributed by atoms with E-state index in [2.05, 4.69) is 29.3 Å².